The fourth-order valence-corrected chi connectivity index (χ4v) is 6.56. The average molecular weight is 551 g/mol. The fourth-order valence-electron chi connectivity index (χ4n) is 5.38. The first-order chi connectivity index (χ1) is 18.7. The Balaban J connectivity index is 1.56. The summed E-state index contributed by atoms with van der Waals surface area (Å²) in [4.78, 5) is 30.6. The van der Waals surface area contributed by atoms with E-state index in [0.29, 0.717) is 36.1 Å². The summed E-state index contributed by atoms with van der Waals surface area (Å²) in [6, 6.07) is 11.9. The maximum atomic E-state index is 13.9. The normalized spacial score (nSPS) is 18.9. The zero-order chi connectivity index (χ0) is 27.3. The van der Waals surface area contributed by atoms with Gasteiger partial charge in [-0.05, 0) is 54.8 Å². The molecule has 0 saturated carbocycles. The van der Waals surface area contributed by atoms with Crippen LogP contribution in [0, 0.1) is 5.82 Å². The summed E-state index contributed by atoms with van der Waals surface area (Å²) in [6.45, 7) is 7.74. The van der Waals surface area contributed by atoms with Gasteiger partial charge in [0.25, 0.3) is 0 Å². The van der Waals surface area contributed by atoms with Crippen molar-refractivity contribution in [3.63, 3.8) is 0 Å². The van der Waals surface area contributed by atoms with E-state index in [1.54, 1.807) is 21.7 Å². The molecule has 1 fully saturated rings. The number of hydrogen-bond acceptors (Lipinski definition) is 6. The van der Waals surface area contributed by atoms with Crippen LogP contribution in [-0.2, 0) is 15.0 Å². The van der Waals surface area contributed by atoms with E-state index in [0.717, 1.165) is 29.7 Å². The number of rotatable bonds is 4. The van der Waals surface area contributed by atoms with Crippen LogP contribution in [0.15, 0.2) is 42.5 Å². The van der Waals surface area contributed by atoms with Gasteiger partial charge in [0, 0.05) is 24.1 Å². The minimum Gasteiger partial charge on any atom is -0.454 e. The third-order valence-corrected chi connectivity index (χ3v) is 8.58. The standard InChI is InChI=1S/C29H31FN4O4S/c1-29(2,3)27-25-26(18-6-11-21-22(14-18)38-17-37-21)39-16-24(36)33(15-23(35)32-12-4-5-13-32)28(25)34(31-27)20-9-7-19(30)8-10-20/h6-11,14,26H,4-5,12-13,15-17H2,1-3H3/t26-/m1/s1. The van der Waals surface area contributed by atoms with Crippen molar-refractivity contribution in [3.05, 3.63) is 65.1 Å². The number of carbonyl (C=O) groups is 2. The molecule has 1 aromatic heterocycles. The molecule has 0 N–H and O–H groups in total. The lowest BCUT2D eigenvalue weighted by atomic mass is 9.87. The molecule has 3 aliphatic heterocycles. The fraction of sp³-hybridized carbons (Fsp3) is 0.414. The molecule has 4 heterocycles. The summed E-state index contributed by atoms with van der Waals surface area (Å²) in [6.07, 6.45) is 1.93. The van der Waals surface area contributed by atoms with Gasteiger partial charge in [-0.15, -0.1) is 11.8 Å². The molecule has 39 heavy (non-hydrogen) atoms. The molecule has 3 aliphatic rings. The summed E-state index contributed by atoms with van der Waals surface area (Å²) in [7, 11) is 0. The number of halogens is 1. The lowest BCUT2D eigenvalue weighted by molar-refractivity contribution is -0.130. The van der Waals surface area contributed by atoms with Crippen molar-refractivity contribution in [3.8, 4) is 17.2 Å². The highest BCUT2D eigenvalue weighted by atomic mass is 32.2. The first-order valence-electron chi connectivity index (χ1n) is 13.2. The maximum Gasteiger partial charge on any atom is 0.242 e. The van der Waals surface area contributed by atoms with Gasteiger partial charge in [-0.2, -0.15) is 5.10 Å². The molecule has 0 radical (unpaired) electrons. The molecule has 2 amide bonds. The quantitative estimate of drug-likeness (QED) is 0.463. The predicted molar refractivity (Wildman–Crippen MR) is 147 cm³/mol. The van der Waals surface area contributed by atoms with E-state index in [2.05, 4.69) is 20.8 Å². The summed E-state index contributed by atoms with van der Waals surface area (Å²) in [5.41, 5.74) is 2.87. The zero-order valence-electron chi connectivity index (χ0n) is 22.3. The van der Waals surface area contributed by atoms with Crippen molar-refractivity contribution in [1.82, 2.24) is 14.7 Å². The van der Waals surface area contributed by atoms with Gasteiger partial charge in [0.2, 0.25) is 18.6 Å². The number of aromatic nitrogens is 2. The smallest absolute Gasteiger partial charge is 0.242 e. The molecule has 10 heteroatoms. The SMILES string of the molecule is CC(C)(C)c1nn(-c2ccc(F)cc2)c2c1[C@@H](c1ccc3c(c1)OCO3)SCC(=O)N2CC(=O)N1CCCC1. The molecule has 0 bridgehead atoms. The van der Waals surface area contributed by atoms with Crippen LogP contribution >= 0.6 is 11.8 Å². The van der Waals surface area contributed by atoms with E-state index >= 15 is 0 Å². The van der Waals surface area contributed by atoms with Crippen LogP contribution in [-0.4, -0.2) is 58.7 Å². The molecule has 0 spiro atoms. The lowest BCUT2D eigenvalue weighted by Gasteiger charge is -2.26. The minimum atomic E-state index is -0.386. The van der Waals surface area contributed by atoms with Crippen LogP contribution in [0.2, 0.25) is 0 Å². The highest BCUT2D eigenvalue weighted by Crippen LogP contribution is 2.50. The minimum absolute atomic E-state index is 0.0727. The largest absolute Gasteiger partial charge is 0.454 e. The van der Waals surface area contributed by atoms with Crippen LogP contribution < -0.4 is 14.4 Å². The average Bonchev–Trinajstić information content (AvgIpc) is 3.66. The van der Waals surface area contributed by atoms with Gasteiger partial charge in [0.1, 0.15) is 18.2 Å². The van der Waals surface area contributed by atoms with Crippen molar-refractivity contribution in [1.29, 1.82) is 0 Å². The van der Waals surface area contributed by atoms with Gasteiger partial charge in [-0.3, -0.25) is 14.5 Å². The van der Waals surface area contributed by atoms with Crippen molar-refractivity contribution >= 4 is 29.4 Å². The Morgan fingerprint density at radius 2 is 1.79 bits per heavy atom. The second-order valence-corrected chi connectivity index (χ2v) is 12.2. The molecule has 0 unspecified atom stereocenters. The number of nitrogens with zero attached hydrogens (tertiary/aromatic N) is 4. The van der Waals surface area contributed by atoms with E-state index in [1.807, 2.05) is 23.1 Å². The first kappa shape index (κ1) is 25.7. The summed E-state index contributed by atoms with van der Waals surface area (Å²) < 4.78 is 26.8. The molecule has 1 atom stereocenters. The van der Waals surface area contributed by atoms with Gasteiger partial charge < -0.3 is 14.4 Å². The monoisotopic (exact) mass is 550 g/mol. The summed E-state index contributed by atoms with van der Waals surface area (Å²) in [5.74, 6) is 1.48. The molecule has 204 valence electrons. The first-order valence-corrected chi connectivity index (χ1v) is 14.2. The van der Waals surface area contributed by atoms with Crippen molar-refractivity contribution in [2.24, 2.45) is 0 Å². The Labute approximate surface area is 231 Å². The van der Waals surface area contributed by atoms with Crippen molar-refractivity contribution < 1.29 is 23.5 Å². The molecule has 1 saturated heterocycles. The predicted octanol–water partition coefficient (Wildman–Crippen LogP) is 4.83. The van der Waals surface area contributed by atoms with E-state index in [-0.39, 0.29) is 47.4 Å². The molecule has 8 nitrogen and oxygen atoms in total. The van der Waals surface area contributed by atoms with Crippen LogP contribution in [0.5, 0.6) is 11.5 Å². The van der Waals surface area contributed by atoms with Gasteiger partial charge in [0.05, 0.1) is 22.4 Å². The molecule has 0 aliphatic carbocycles. The number of thioether (sulfide) groups is 1. The number of carbonyl (C=O) groups excluding carboxylic acids is 2. The number of anilines is 1. The number of likely N-dealkylation sites (tertiary alicyclic amines) is 1. The number of ether oxygens (including phenoxy) is 2. The van der Waals surface area contributed by atoms with Crippen molar-refractivity contribution in [2.45, 2.75) is 44.3 Å². The van der Waals surface area contributed by atoms with Crippen LogP contribution in [0.1, 0.15) is 55.7 Å². The Kier molecular flexibility index (Phi) is 6.53. The van der Waals surface area contributed by atoms with Crippen LogP contribution in [0.3, 0.4) is 0 Å². The van der Waals surface area contributed by atoms with E-state index in [4.69, 9.17) is 14.6 Å². The third kappa shape index (κ3) is 4.75. The second kappa shape index (κ2) is 9.89. The Morgan fingerprint density at radius 1 is 1.08 bits per heavy atom. The maximum absolute atomic E-state index is 13.9. The van der Waals surface area contributed by atoms with Gasteiger partial charge in [0.15, 0.2) is 11.5 Å². The van der Waals surface area contributed by atoms with Gasteiger partial charge >= 0.3 is 0 Å². The Morgan fingerprint density at radius 3 is 2.51 bits per heavy atom. The van der Waals surface area contributed by atoms with Crippen molar-refractivity contribution in [2.75, 3.05) is 37.1 Å². The van der Waals surface area contributed by atoms with Gasteiger partial charge in [-0.25, -0.2) is 9.07 Å². The second-order valence-electron chi connectivity index (χ2n) is 11.1. The number of hydrogen-bond donors (Lipinski definition) is 0. The molecular weight excluding hydrogens is 519 g/mol. The highest BCUT2D eigenvalue weighted by molar-refractivity contribution is 8.00. The zero-order valence-corrected chi connectivity index (χ0v) is 23.1. The van der Waals surface area contributed by atoms with E-state index < -0.39 is 0 Å². The molecular formula is C29H31FN4O4S. The van der Waals surface area contributed by atoms with Gasteiger partial charge in [-0.1, -0.05) is 26.8 Å². The topological polar surface area (TPSA) is 76.9 Å². The van der Waals surface area contributed by atoms with Crippen LogP contribution in [0.4, 0.5) is 10.2 Å². The third-order valence-electron chi connectivity index (χ3n) is 7.32. The number of benzene rings is 2. The summed E-state index contributed by atoms with van der Waals surface area (Å²) >= 11 is 1.51. The van der Waals surface area contributed by atoms with Crippen LogP contribution in [0.25, 0.3) is 5.69 Å². The Bertz CT molecular complexity index is 1430. The molecule has 2 aromatic carbocycles. The summed E-state index contributed by atoms with van der Waals surface area (Å²) in [5, 5.41) is 4.79. The van der Waals surface area contributed by atoms with E-state index in [1.165, 1.54) is 23.9 Å². The Hall–Kier alpha value is -3.53. The lowest BCUT2D eigenvalue weighted by Crippen LogP contribution is -2.43. The number of amides is 2. The number of fused-ring (bicyclic) bond motifs is 2. The van der Waals surface area contributed by atoms with E-state index in [9.17, 15) is 14.0 Å². The highest BCUT2D eigenvalue weighted by Gasteiger charge is 2.40. The molecule has 3 aromatic rings. The molecule has 6 rings (SSSR count).